The van der Waals surface area contributed by atoms with Crippen LogP contribution >= 0.6 is 24.8 Å². The molecular weight excluding hydrogens is 325 g/mol. The SMILES string of the molecule is Cl.Cl.NC1CCCC(C(=O)NCCCN2CCC(O)CC2)C1. The molecular formula is C15H31Cl2N3O2. The van der Waals surface area contributed by atoms with E-state index in [9.17, 15) is 9.90 Å². The number of nitrogens with one attached hydrogen (secondary N) is 1. The fraction of sp³-hybridized carbons (Fsp3) is 0.933. The van der Waals surface area contributed by atoms with Gasteiger partial charge in [-0.2, -0.15) is 0 Å². The van der Waals surface area contributed by atoms with E-state index in [0.717, 1.165) is 71.1 Å². The van der Waals surface area contributed by atoms with Crippen LogP contribution in [0.3, 0.4) is 0 Å². The third-order valence-electron chi connectivity index (χ3n) is 4.59. The van der Waals surface area contributed by atoms with Crippen molar-refractivity contribution < 1.29 is 9.90 Å². The van der Waals surface area contributed by atoms with Crippen molar-refractivity contribution in [3.8, 4) is 0 Å². The van der Waals surface area contributed by atoms with Gasteiger partial charge in [-0.3, -0.25) is 4.79 Å². The van der Waals surface area contributed by atoms with E-state index in [0.29, 0.717) is 0 Å². The van der Waals surface area contributed by atoms with Gasteiger partial charge in [0, 0.05) is 31.6 Å². The molecule has 0 spiro atoms. The highest BCUT2D eigenvalue weighted by Crippen LogP contribution is 2.23. The van der Waals surface area contributed by atoms with Crippen molar-refractivity contribution in [2.75, 3.05) is 26.2 Å². The van der Waals surface area contributed by atoms with Crippen LogP contribution in [0.2, 0.25) is 0 Å². The van der Waals surface area contributed by atoms with E-state index in [2.05, 4.69) is 10.2 Å². The molecule has 0 bridgehead atoms. The molecule has 22 heavy (non-hydrogen) atoms. The van der Waals surface area contributed by atoms with Crippen LogP contribution in [0.1, 0.15) is 44.9 Å². The van der Waals surface area contributed by atoms with Crippen molar-refractivity contribution in [2.24, 2.45) is 11.7 Å². The Hall–Kier alpha value is -0.0700. The molecule has 132 valence electrons. The van der Waals surface area contributed by atoms with Crippen molar-refractivity contribution >= 4 is 30.7 Å². The predicted octanol–water partition coefficient (Wildman–Crippen LogP) is 1.31. The molecule has 1 aliphatic carbocycles. The standard InChI is InChI=1S/C15H29N3O2.2ClH/c16-13-4-1-3-12(11-13)15(20)17-7-2-8-18-9-5-14(19)6-10-18;;/h12-14,19H,1-11,16H2,(H,17,20);2*1H. The first kappa shape index (κ1) is 21.9. The van der Waals surface area contributed by atoms with Gasteiger partial charge in [0.25, 0.3) is 0 Å². The summed E-state index contributed by atoms with van der Waals surface area (Å²) in [4.78, 5) is 14.4. The third-order valence-corrected chi connectivity index (χ3v) is 4.59. The van der Waals surface area contributed by atoms with Crippen LogP contribution < -0.4 is 11.1 Å². The molecule has 0 aromatic rings. The van der Waals surface area contributed by atoms with Gasteiger partial charge in [0.2, 0.25) is 5.91 Å². The molecule has 0 aromatic heterocycles. The van der Waals surface area contributed by atoms with Crippen molar-refractivity contribution in [2.45, 2.75) is 57.1 Å². The number of carbonyl (C=O) groups excluding carboxylic acids is 1. The summed E-state index contributed by atoms with van der Waals surface area (Å²) in [6, 6.07) is 0.208. The molecule has 5 nitrogen and oxygen atoms in total. The molecule has 1 heterocycles. The molecule has 1 saturated carbocycles. The normalized spacial score (nSPS) is 26.6. The molecule has 2 atom stereocenters. The Balaban J connectivity index is 0.00000220. The number of aliphatic hydroxyl groups is 1. The van der Waals surface area contributed by atoms with Crippen LogP contribution in [0.15, 0.2) is 0 Å². The number of amides is 1. The summed E-state index contributed by atoms with van der Waals surface area (Å²) >= 11 is 0. The predicted molar refractivity (Wildman–Crippen MR) is 93.7 cm³/mol. The second-order valence-electron chi connectivity index (χ2n) is 6.34. The number of hydrogen-bond donors (Lipinski definition) is 3. The third kappa shape index (κ3) is 7.47. The smallest absolute Gasteiger partial charge is 0.223 e. The van der Waals surface area contributed by atoms with Crippen molar-refractivity contribution in [1.82, 2.24) is 10.2 Å². The fourth-order valence-electron chi connectivity index (χ4n) is 3.27. The number of aliphatic hydroxyl groups excluding tert-OH is 1. The first-order valence-corrected chi connectivity index (χ1v) is 8.09. The topological polar surface area (TPSA) is 78.6 Å². The van der Waals surface area contributed by atoms with E-state index < -0.39 is 0 Å². The average Bonchev–Trinajstić information content (AvgIpc) is 2.45. The highest BCUT2D eigenvalue weighted by Gasteiger charge is 2.25. The summed E-state index contributed by atoms with van der Waals surface area (Å²) in [6.45, 7) is 3.72. The van der Waals surface area contributed by atoms with Gasteiger partial charge in [-0.15, -0.1) is 24.8 Å². The van der Waals surface area contributed by atoms with Crippen LogP contribution in [0.4, 0.5) is 0 Å². The zero-order chi connectivity index (χ0) is 14.4. The lowest BCUT2D eigenvalue weighted by Crippen LogP contribution is -2.40. The van der Waals surface area contributed by atoms with Gasteiger partial charge in [0.15, 0.2) is 0 Å². The van der Waals surface area contributed by atoms with E-state index in [1.54, 1.807) is 0 Å². The van der Waals surface area contributed by atoms with E-state index >= 15 is 0 Å². The molecule has 0 radical (unpaired) electrons. The van der Waals surface area contributed by atoms with E-state index in [4.69, 9.17) is 5.73 Å². The Morgan fingerprint density at radius 2 is 1.86 bits per heavy atom. The van der Waals surface area contributed by atoms with Gasteiger partial charge in [0.05, 0.1) is 6.10 Å². The molecule has 7 heteroatoms. The van der Waals surface area contributed by atoms with E-state index in [1.807, 2.05) is 0 Å². The molecule has 1 aliphatic heterocycles. The van der Waals surface area contributed by atoms with Gasteiger partial charge < -0.3 is 21.1 Å². The van der Waals surface area contributed by atoms with Crippen LogP contribution in [-0.2, 0) is 4.79 Å². The molecule has 1 amide bonds. The first-order valence-electron chi connectivity index (χ1n) is 8.09. The summed E-state index contributed by atoms with van der Waals surface area (Å²) in [5, 5.41) is 12.5. The lowest BCUT2D eigenvalue weighted by molar-refractivity contribution is -0.126. The Bertz CT molecular complexity index is 313. The number of carbonyl (C=O) groups is 1. The van der Waals surface area contributed by atoms with Crippen molar-refractivity contribution in [3.05, 3.63) is 0 Å². The van der Waals surface area contributed by atoms with Gasteiger partial charge in [-0.1, -0.05) is 6.42 Å². The minimum Gasteiger partial charge on any atom is -0.393 e. The summed E-state index contributed by atoms with van der Waals surface area (Å²) in [6.07, 6.45) is 6.61. The van der Waals surface area contributed by atoms with E-state index in [-0.39, 0.29) is 48.8 Å². The quantitative estimate of drug-likeness (QED) is 0.649. The minimum absolute atomic E-state index is 0. The fourth-order valence-corrected chi connectivity index (χ4v) is 3.27. The lowest BCUT2D eigenvalue weighted by atomic mass is 9.85. The molecule has 0 aromatic carbocycles. The van der Waals surface area contributed by atoms with Crippen LogP contribution in [-0.4, -0.2) is 54.2 Å². The Morgan fingerprint density at radius 1 is 1.18 bits per heavy atom. The number of likely N-dealkylation sites (tertiary alicyclic amines) is 1. The summed E-state index contributed by atoms with van der Waals surface area (Å²) in [7, 11) is 0. The van der Waals surface area contributed by atoms with Crippen LogP contribution in [0.25, 0.3) is 0 Å². The molecule has 2 unspecified atom stereocenters. The average molecular weight is 356 g/mol. The van der Waals surface area contributed by atoms with Crippen LogP contribution in [0, 0.1) is 5.92 Å². The maximum absolute atomic E-state index is 12.0. The van der Waals surface area contributed by atoms with E-state index in [1.165, 1.54) is 0 Å². The Labute approximate surface area is 146 Å². The summed E-state index contributed by atoms with van der Waals surface area (Å²) in [5.41, 5.74) is 5.92. The second-order valence-corrected chi connectivity index (χ2v) is 6.34. The number of nitrogens with zero attached hydrogens (tertiary/aromatic N) is 1. The lowest BCUT2D eigenvalue weighted by Gasteiger charge is -2.29. The highest BCUT2D eigenvalue weighted by molar-refractivity contribution is 5.85. The largest absolute Gasteiger partial charge is 0.393 e. The number of hydrogen-bond acceptors (Lipinski definition) is 4. The summed E-state index contributed by atoms with van der Waals surface area (Å²) < 4.78 is 0. The molecule has 1 saturated heterocycles. The van der Waals surface area contributed by atoms with Crippen molar-refractivity contribution in [3.63, 3.8) is 0 Å². The first-order chi connectivity index (χ1) is 9.65. The highest BCUT2D eigenvalue weighted by atomic mass is 35.5. The molecule has 2 aliphatic rings. The maximum atomic E-state index is 12.0. The number of piperidine rings is 1. The zero-order valence-electron chi connectivity index (χ0n) is 13.2. The molecule has 4 N–H and O–H groups in total. The minimum atomic E-state index is -0.110. The number of rotatable bonds is 5. The Kier molecular flexibility index (Phi) is 11.4. The van der Waals surface area contributed by atoms with Gasteiger partial charge >= 0.3 is 0 Å². The number of nitrogens with two attached hydrogens (primary N) is 1. The van der Waals surface area contributed by atoms with Crippen molar-refractivity contribution in [1.29, 1.82) is 0 Å². The maximum Gasteiger partial charge on any atom is 0.223 e. The second kappa shape index (κ2) is 11.5. The van der Waals surface area contributed by atoms with Gasteiger partial charge in [-0.05, 0) is 45.1 Å². The molecule has 2 rings (SSSR count). The van der Waals surface area contributed by atoms with Gasteiger partial charge in [0.1, 0.15) is 0 Å². The van der Waals surface area contributed by atoms with Crippen LogP contribution in [0.5, 0.6) is 0 Å². The Morgan fingerprint density at radius 3 is 2.50 bits per heavy atom. The van der Waals surface area contributed by atoms with Gasteiger partial charge in [-0.25, -0.2) is 0 Å². The zero-order valence-corrected chi connectivity index (χ0v) is 14.8. The monoisotopic (exact) mass is 355 g/mol. The number of halogens is 2. The summed E-state index contributed by atoms with van der Waals surface area (Å²) in [5.74, 6) is 0.318. The molecule has 2 fully saturated rings.